The summed E-state index contributed by atoms with van der Waals surface area (Å²) in [5.41, 5.74) is 0.107. The number of pyridine rings is 1. The first-order valence-electron chi connectivity index (χ1n) is 5.88. The fourth-order valence-corrected chi connectivity index (χ4v) is 2.54. The van der Waals surface area contributed by atoms with Gasteiger partial charge in [0.1, 0.15) is 11.0 Å². The summed E-state index contributed by atoms with van der Waals surface area (Å²) in [4.78, 5) is 15.0. The van der Waals surface area contributed by atoms with E-state index >= 15 is 0 Å². The topological polar surface area (TPSA) is 82.5 Å². The minimum absolute atomic E-state index is 0.107. The van der Waals surface area contributed by atoms with Crippen LogP contribution in [0.2, 0.25) is 5.15 Å². The number of hydrogen-bond donors (Lipinski definition) is 3. The van der Waals surface area contributed by atoms with Crippen molar-refractivity contribution in [2.24, 2.45) is 5.92 Å². The molecule has 1 aromatic heterocycles. The number of aliphatic hydroxyl groups is 1. The fraction of sp³-hybridized carbons (Fsp3) is 0.500. The van der Waals surface area contributed by atoms with Crippen LogP contribution in [0.5, 0.6) is 0 Å². The molecule has 0 aliphatic heterocycles. The summed E-state index contributed by atoms with van der Waals surface area (Å²) in [6.07, 6.45) is 2.97. The van der Waals surface area contributed by atoms with Gasteiger partial charge in [-0.2, -0.15) is 0 Å². The number of carboxylic acid groups (broad SMARTS) is 1. The number of carbonyl (C=O) groups is 1. The smallest absolute Gasteiger partial charge is 0.335 e. The van der Waals surface area contributed by atoms with E-state index in [1.165, 1.54) is 12.1 Å². The monoisotopic (exact) mass is 270 g/mol. The lowest BCUT2D eigenvalue weighted by atomic mass is 10.1. The number of carboxylic acids is 1. The number of hydrogen-bond acceptors (Lipinski definition) is 4. The molecule has 18 heavy (non-hydrogen) atoms. The van der Waals surface area contributed by atoms with Gasteiger partial charge in [0.25, 0.3) is 0 Å². The zero-order valence-corrected chi connectivity index (χ0v) is 10.5. The first-order valence-corrected chi connectivity index (χ1v) is 6.26. The fourth-order valence-electron chi connectivity index (χ4n) is 2.33. The van der Waals surface area contributed by atoms with E-state index in [0.717, 1.165) is 19.3 Å². The van der Waals surface area contributed by atoms with E-state index < -0.39 is 5.97 Å². The molecule has 1 aromatic rings. The van der Waals surface area contributed by atoms with Crippen LogP contribution in [0, 0.1) is 5.92 Å². The highest BCUT2D eigenvalue weighted by Crippen LogP contribution is 2.28. The molecule has 1 aliphatic carbocycles. The minimum atomic E-state index is -1.03. The highest BCUT2D eigenvalue weighted by molar-refractivity contribution is 6.29. The lowest BCUT2D eigenvalue weighted by molar-refractivity contribution is 0.0696. The van der Waals surface area contributed by atoms with Gasteiger partial charge in [0.15, 0.2) is 0 Å². The second-order valence-electron chi connectivity index (χ2n) is 4.49. The predicted octanol–water partition coefficient (Wildman–Crippen LogP) is 2.01. The molecule has 0 aromatic carbocycles. The summed E-state index contributed by atoms with van der Waals surface area (Å²) in [6, 6.07) is 2.90. The molecule has 0 amide bonds. The Balaban J connectivity index is 2.16. The summed E-state index contributed by atoms with van der Waals surface area (Å²) in [6.45, 7) is 0.129. The van der Waals surface area contributed by atoms with E-state index in [4.69, 9.17) is 16.7 Å². The highest BCUT2D eigenvalue weighted by Gasteiger charge is 2.26. The summed E-state index contributed by atoms with van der Waals surface area (Å²) in [5, 5.41) is 21.5. The summed E-state index contributed by atoms with van der Waals surface area (Å²) >= 11 is 5.79. The molecule has 0 spiro atoms. The van der Waals surface area contributed by atoms with Crippen LogP contribution < -0.4 is 5.32 Å². The molecule has 0 radical (unpaired) electrons. The van der Waals surface area contributed by atoms with Gasteiger partial charge in [0.2, 0.25) is 0 Å². The van der Waals surface area contributed by atoms with Gasteiger partial charge in [-0.15, -0.1) is 0 Å². The third-order valence-corrected chi connectivity index (χ3v) is 3.46. The van der Waals surface area contributed by atoms with Crippen molar-refractivity contribution in [1.29, 1.82) is 0 Å². The van der Waals surface area contributed by atoms with Gasteiger partial charge >= 0.3 is 5.97 Å². The molecule has 1 aliphatic rings. The second-order valence-corrected chi connectivity index (χ2v) is 4.88. The Morgan fingerprint density at radius 3 is 2.94 bits per heavy atom. The van der Waals surface area contributed by atoms with Gasteiger partial charge in [0.05, 0.1) is 5.56 Å². The largest absolute Gasteiger partial charge is 0.478 e. The third-order valence-electron chi connectivity index (χ3n) is 3.27. The second kappa shape index (κ2) is 5.54. The molecule has 2 atom stereocenters. The molecule has 6 heteroatoms. The van der Waals surface area contributed by atoms with Crippen LogP contribution in [0.3, 0.4) is 0 Å². The Bertz CT molecular complexity index is 453. The number of nitrogens with zero attached hydrogens (tertiary/aromatic N) is 1. The molecule has 1 saturated carbocycles. The standard InChI is InChI=1S/C12H15ClN2O3/c13-10-4-8(12(17)18)5-11(15-10)14-9-3-1-2-7(9)6-16/h4-5,7,9,16H,1-3,6H2,(H,14,15)(H,17,18). The van der Waals surface area contributed by atoms with Crippen molar-refractivity contribution in [3.8, 4) is 0 Å². The van der Waals surface area contributed by atoms with E-state index in [0.29, 0.717) is 5.82 Å². The molecule has 2 unspecified atom stereocenters. The van der Waals surface area contributed by atoms with Gasteiger partial charge < -0.3 is 15.5 Å². The number of anilines is 1. The van der Waals surface area contributed by atoms with E-state index in [1.807, 2.05) is 0 Å². The number of aliphatic hydroxyl groups excluding tert-OH is 1. The quantitative estimate of drug-likeness (QED) is 0.729. The van der Waals surface area contributed by atoms with Crippen molar-refractivity contribution in [2.45, 2.75) is 25.3 Å². The Kier molecular flexibility index (Phi) is 4.04. The average Bonchev–Trinajstić information content (AvgIpc) is 2.75. The zero-order valence-electron chi connectivity index (χ0n) is 9.77. The summed E-state index contributed by atoms with van der Waals surface area (Å²) < 4.78 is 0. The van der Waals surface area contributed by atoms with E-state index in [2.05, 4.69) is 10.3 Å². The molecule has 2 rings (SSSR count). The maximum absolute atomic E-state index is 10.9. The van der Waals surface area contributed by atoms with Gasteiger partial charge in [-0.1, -0.05) is 18.0 Å². The number of aromatic nitrogens is 1. The van der Waals surface area contributed by atoms with Gasteiger partial charge in [-0.05, 0) is 25.0 Å². The average molecular weight is 271 g/mol. The third kappa shape index (κ3) is 2.91. The first-order chi connectivity index (χ1) is 8.60. The van der Waals surface area contributed by atoms with Gasteiger partial charge in [-0.3, -0.25) is 0 Å². The Hall–Kier alpha value is -1.33. The number of nitrogens with one attached hydrogen (secondary N) is 1. The number of aromatic carboxylic acids is 1. The van der Waals surface area contributed by atoms with E-state index in [1.54, 1.807) is 0 Å². The van der Waals surface area contributed by atoms with Crippen LogP contribution in [-0.4, -0.2) is 33.8 Å². The SMILES string of the molecule is O=C(O)c1cc(Cl)nc(NC2CCCC2CO)c1. The highest BCUT2D eigenvalue weighted by atomic mass is 35.5. The van der Waals surface area contributed by atoms with Crippen molar-refractivity contribution in [3.63, 3.8) is 0 Å². The molecular formula is C12H15ClN2O3. The van der Waals surface area contributed by atoms with Crippen molar-refractivity contribution >= 4 is 23.4 Å². The number of halogens is 1. The Morgan fingerprint density at radius 2 is 2.28 bits per heavy atom. The van der Waals surface area contributed by atoms with Crippen molar-refractivity contribution in [1.82, 2.24) is 4.98 Å². The van der Waals surface area contributed by atoms with Gasteiger partial charge in [0, 0.05) is 18.6 Å². The van der Waals surface area contributed by atoms with Crippen LogP contribution >= 0.6 is 11.6 Å². The maximum Gasteiger partial charge on any atom is 0.335 e. The Labute approximate surface area is 110 Å². The van der Waals surface area contributed by atoms with Gasteiger partial charge in [-0.25, -0.2) is 9.78 Å². The zero-order chi connectivity index (χ0) is 13.1. The number of rotatable bonds is 4. The molecule has 0 saturated heterocycles. The molecular weight excluding hydrogens is 256 g/mol. The van der Waals surface area contributed by atoms with E-state index in [-0.39, 0.29) is 29.3 Å². The summed E-state index contributed by atoms with van der Waals surface area (Å²) in [7, 11) is 0. The predicted molar refractivity (Wildman–Crippen MR) is 68.0 cm³/mol. The van der Waals surface area contributed by atoms with Crippen molar-refractivity contribution in [3.05, 3.63) is 22.8 Å². The molecule has 98 valence electrons. The normalized spacial score (nSPS) is 23.0. The van der Waals surface area contributed by atoms with Crippen LogP contribution in [0.1, 0.15) is 29.6 Å². The van der Waals surface area contributed by atoms with Crippen LogP contribution in [0.4, 0.5) is 5.82 Å². The van der Waals surface area contributed by atoms with Crippen LogP contribution in [0.25, 0.3) is 0 Å². The molecule has 0 bridgehead atoms. The van der Waals surface area contributed by atoms with Crippen LogP contribution in [0.15, 0.2) is 12.1 Å². The van der Waals surface area contributed by atoms with Crippen molar-refractivity contribution in [2.75, 3.05) is 11.9 Å². The maximum atomic E-state index is 10.9. The first kappa shape index (κ1) is 13.1. The molecule has 3 N–H and O–H groups in total. The van der Waals surface area contributed by atoms with Crippen LogP contribution in [-0.2, 0) is 0 Å². The lowest BCUT2D eigenvalue weighted by Crippen LogP contribution is -2.26. The van der Waals surface area contributed by atoms with E-state index in [9.17, 15) is 9.90 Å². The Morgan fingerprint density at radius 1 is 1.50 bits per heavy atom. The molecule has 5 nitrogen and oxygen atoms in total. The lowest BCUT2D eigenvalue weighted by Gasteiger charge is -2.19. The van der Waals surface area contributed by atoms with Crippen molar-refractivity contribution < 1.29 is 15.0 Å². The minimum Gasteiger partial charge on any atom is -0.478 e. The molecule has 1 fully saturated rings. The summed E-state index contributed by atoms with van der Waals surface area (Å²) in [5.74, 6) is -0.392. The molecule has 1 heterocycles.